The van der Waals surface area contributed by atoms with Crippen molar-refractivity contribution in [1.82, 2.24) is 5.32 Å². The topological polar surface area (TPSA) is 130 Å². The van der Waals surface area contributed by atoms with Crippen LogP contribution >= 0.6 is 12.4 Å². The number of alkyl halides is 1. The number of hydrogen-bond donors (Lipinski definition) is 4. The highest BCUT2D eigenvalue weighted by molar-refractivity contribution is 5.94. The van der Waals surface area contributed by atoms with Crippen molar-refractivity contribution in [3.8, 4) is 0 Å². The minimum atomic E-state index is -2.57. The number of fused-ring (bicyclic) bond motifs is 1. The molecule has 9 heteroatoms. The molecule has 20 heavy (non-hydrogen) atoms. The van der Waals surface area contributed by atoms with Gasteiger partial charge in [-0.2, -0.15) is 0 Å². The van der Waals surface area contributed by atoms with E-state index in [9.17, 15) is 23.9 Å². The molecule has 2 fully saturated rings. The van der Waals surface area contributed by atoms with E-state index in [2.05, 4.69) is 5.32 Å². The molecule has 114 valence electrons. The summed E-state index contributed by atoms with van der Waals surface area (Å²) in [6.45, 7) is 1.37. The van der Waals surface area contributed by atoms with Gasteiger partial charge in [-0.3, -0.25) is 4.79 Å². The number of carboxylic acid groups (broad SMARTS) is 2. The molecule has 7 nitrogen and oxygen atoms in total. The highest BCUT2D eigenvalue weighted by Crippen LogP contribution is 2.67. The molecule has 0 unspecified atom stereocenters. The molecule has 2 aliphatic carbocycles. The zero-order valence-corrected chi connectivity index (χ0v) is 11.4. The molecular weight excluding hydrogens is 295 g/mol. The van der Waals surface area contributed by atoms with E-state index in [1.165, 1.54) is 6.92 Å². The third kappa shape index (κ3) is 1.94. The van der Waals surface area contributed by atoms with E-state index in [-0.39, 0.29) is 25.2 Å². The molecule has 2 rings (SSSR count). The minimum Gasteiger partial charge on any atom is -0.479 e. The molecule has 5 atom stereocenters. The van der Waals surface area contributed by atoms with Crippen molar-refractivity contribution < 1.29 is 29.0 Å². The highest BCUT2D eigenvalue weighted by Gasteiger charge is 2.83. The molecular formula is C11H16ClFN2O5. The average molecular weight is 311 g/mol. The SMILES string of the molecule is C[C@@H](N)C(=O)N[C@]1(C(=O)O)CC[C@H]2[C@@H]1[C@]2(F)C(=O)O.Cl. The van der Waals surface area contributed by atoms with Crippen LogP contribution < -0.4 is 11.1 Å². The van der Waals surface area contributed by atoms with Crippen LogP contribution in [0, 0.1) is 11.8 Å². The second-order valence-corrected chi connectivity index (χ2v) is 5.25. The average Bonchev–Trinajstić information content (AvgIpc) is 2.73. The van der Waals surface area contributed by atoms with E-state index in [4.69, 9.17) is 10.8 Å². The van der Waals surface area contributed by atoms with Gasteiger partial charge in [-0.15, -0.1) is 12.4 Å². The van der Waals surface area contributed by atoms with Gasteiger partial charge in [-0.1, -0.05) is 0 Å². The lowest BCUT2D eigenvalue weighted by Crippen LogP contribution is -2.60. The lowest BCUT2D eigenvalue weighted by Gasteiger charge is -2.30. The molecule has 1 amide bonds. The van der Waals surface area contributed by atoms with Gasteiger partial charge in [0.25, 0.3) is 0 Å². The largest absolute Gasteiger partial charge is 0.479 e. The minimum absolute atomic E-state index is 0. The van der Waals surface area contributed by atoms with Gasteiger partial charge in [0.2, 0.25) is 11.6 Å². The second kappa shape index (κ2) is 4.85. The molecule has 0 spiro atoms. The smallest absolute Gasteiger partial charge is 0.342 e. The van der Waals surface area contributed by atoms with Crippen molar-refractivity contribution in [3.63, 3.8) is 0 Å². The van der Waals surface area contributed by atoms with Gasteiger partial charge in [-0.05, 0) is 19.8 Å². The summed E-state index contributed by atoms with van der Waals surface area (Å²) >= 11 is 0. The fourth-order valence-corrected chi connectivity index (χ4v) is 3.10. The van der Waals surface area contributed by atoms with Crippen molar-refractivity contribution in [2.75, 3.05) is 0 Å². The molecule has 0 bridgehead atoms. The van der Waals surface area contributed by atoms with Crippen LogP contribution in [0.15, 0.2) is 0 Å². The monoisotopic (exact) mass is 310 g/mol. The fourth-order valence-electron chi connectivity index (χ4n) is 3.10. The summed E-state index contributed by atoms with van der Waals surface area (Å²) in [5.74, 6) is -5.94. The lowest BCUT2D eigenvalue weighted by atomic mass is 9.89. The third-order valence-electron chi connectivity index (χ3n) is 4.14. The number of carbonyl (C=O) groups is 3. The summed E-state index contributed by atoms with van der Waals surface area (Å²) in [6, 6.07) is -0.951. The first kappa shape index (κ1) is 16.6. The van der Waals surface area contributed by atoms with Crippen molar-refractivity contribution >= 4 is 30.3 Å². The van der Waals surface area contributed by atoms with Crippen LogP contribution in [-0.4, -0.2) is 45.3 Å². The van der Waals surface area contributed by atoms with Gasteiger partial charge in [0.15, 0.2) is 0 Å². The number of aliphatic carboxylic acids is 2. The summed E-state index contributed by atoms with van der Waals surface area (Å²) in [7, 11) is 0. The Labute approximate surface area is 120 Å². The normalized spacial score (nSPS) is 39.1. The maximum absolute atomic E-state index is 14.2. The number of rotatable bonds is 4. The van der Waals surface area contributed by atoms with Crippen molar-refractivity contribution in [2.45, 2.75) is 37.0 Å². The molecule has 0 aliphatic heterocycles. The Kier molecular flexibility index (Phi) is 4.04. The Balaban J connectivity index is 0.00000200. The zero-order valence-electron chi connectivity index (χ0n) is 10.6. The number of carboxylic acids is 2. The number of hydrogen-bond acceptors (Lipinski definition) is 4. The Morgan fingerprint density at radius 1 is 1.35 bits per heavy atom. The molecule has 0 aromatic rings. The van der Waals surface area contributed by atoms with Gasteiger partial charge < -0.3 is 21.3 Å². The summed E-state index contributed by atoms with van der Waals surface area (Å²) < 4.78 is 14.2. The molecule has 0 aromatic heterocycles. The van der Waals surface area contributed by atoms with Gasteiger partial charge in [-0.25, -0.2) is 14.0 Å². The van der Waals surface area contributed by atoms with E-state index < -0.39 is 46.9 Å². The Hall–Kier alpha value is -1.41. The van der Waals surface area contributed by atoms with Gasteiger partial charge in [0, 0.05) is 11.8 Å². The molecule has 5 N–H and O–H groups in total. The van der Waals surface area contributed by atoms with Crippen LogP contribution in [0.4, 0.5) is 4.39 Å². The fraction of sp³-hybridized carbons (Fsp3) is 0.727. The number of halogens is 2. The predicted molar refractivity (Wildman–Crippen MR) is 67.1 cm³/mol. The second-order valence-electron chi connectivity index (χ2n) is 5.25. The summed E-state index contributed by atoms with van der Waals surface area (Å²) in [4.78, 5) is 33.9. The Bertz CT molecular complexity index is 474. The first-order valence-electron chi connectivity index (χ1n) is 5.91. The van der Waals surface area contributed by atoms with E-state index in [0.29, 0.717) is 0 Å². The first-order valence-corrected chi connectivity index (χ1v) is 5.91. The maximum atomic E-state index is 14.2. The number of nitrogens with two attached hydrogens (primary N) is 1. The number of carbonyl (C=O) groups excluding carboxylic acids is 1. The van der Waals surface area contributed by atoms with E-state index >= 15 is 0 Å². The zero-order chi connectivity index (χ0) is 14.6. The third-order valence-corrected chi connectivity index (χ3v) is 4.14. The number of nitrogens with one attached hydrogen (secondary N) is 1. The summed E-state index contributed by atoms with van der Waals surface area (Å²) in [5, 5.41) is 20.4. The molecule has 0 heterocycles. The van der Waals surface area contributed by atoms with Crippen molar-refractivity contribution in [1.29, 1.82) is 0 Å². The standard InChI is InChI=1S/C11H15FN2O5.ClH/c1-4(13)7(15)14-10(8(16)17)3-2-5-6(10)11(5,12)9(18)19;/h4-6H,2-3,13H2,1H3,(H,14,15)(H,16,17)(H,18,19);1H/t4-,5+,6+,10-,11+;/m1./s1. The maximum Gasteiger partial charge on any atom is 0.342 e. The number of amides is 1. The molecule has 0 radical (unpaired) electrons. The summed E-state index contributed by atoms with van der Waals surface area (Å²) in [6.07, 6.45) is 0.119. The van der Waals surface area contributed by atoms with Crippen molar-refractivity contribution in [2.24, 2.45) is 17.6 Å². The Morgan fingerprint density at radius 2 is 1.90 bits per heavy atom. The van der Waals surface area contributed by atoms with Crippen LogP contribution in [0.3, 0.4) is 0 Å². The van der Waals surface area contributed by atoms with Gasteiger partial charge in [0.1, 0.15) is 5.54 Å². The van der Waals surface area contributed by atoms with E-state index in [1.807, 2.05) is 0 Å². The van der Waals surface area contributed by atoms with Crippen LogP contribution in [0.5, 0.6) is 0 Å². The highest BCUT2D eigenvalue weighted by atomic mass is 35.5. The van der Waals surface area contributed by atoms with Crippen LogP contribution in [-0.2, 0) is 14.4 Å². The Morgan fingerprint density at radius 3 is 2.25 bits per heavy atom. The van der Waals surface area contributed by atoms with E-state index in [1.54, 1.807) is 0 Å². The van der Waals surface area contributed by atoms with Gasteiger partial charge in [0.05, 0.1) is 6.04 Å². The van der Waals surface area contributed by atoms with Crippen LogP contribution in [0.1, 0.15) is 19.8 Å². The molecule has 0 aromatic carbocycles. The predicted octanol–water partition coefficient (Wildman–Crippen LogP) is -0.472. The van der Waals surface area contributed by atoms with Crippen molar-refractivity contribution in [3.05, 3.63) is 0 Å². The lowest BCUT2D eigenvalue weighted by molar-refractivity contribution is -0.153. The molecule has 2 saturated carbocycles. The van der Waals surface area contributed by atoms with Gasteiger partial charge >= 0.3 is 11.9 Å². The molecule has 0 saturated heterocycles. The summed E-state index contributed by atoms with van der Waals surface area (Å²) in [5.41, 5.74) is 0.904. The first-order chi connectivity index (χ1) is 8.68. The van der Waals surface area contributed by atoms with Crippen LogP contribution in [0.25, 0.3) is 0 Å². The quantitative estimate of drug-likeness (QED) is 0.555. The van der Waals surface area contributed by atoms with Crippen LogP contribution in [0.2, 0.25) is 0 Å². The molecule has 2 aliphatic rings. The van der Waals surface area contributed by atoms with E-state index in [0.717, 1.165) is 0 Å².